The van der Waals surface area contributed by atoms with E-state index in [2.05, 4.69) is 168 Å². The van der Waals surface area contributed by atoms with Crippen LogP contribution in [0.3, 0.4) is 0 Å². The lowest BCUT2D eigenvalue weighted by Gasteiger charge is -2.10. The van der Waals surface area contributed by atoms with Crippen molar-refractivity contribution < 1.29 is 4.42 Å². The molecule has 0 atom stereocenters. The molecule has 4 nitrogen and oxygen atoms in total. The SMILES string of the molecule is c1ccc(-n2c3ccccc3c3nc(-c4cccc5c4oc4c(-c6ccc(-c7cccc8ccccc78)cc6)cc6ccccc6c45)ncc32)cc1. The minimum Gasteiger partial charge on any atom is -0.455 e. The van der Waals surface area contributed by atoms with Gasteiger partial charge in [0.2, 0.25) is 0 Å². The third kappa shape index (κ3) is 4.28. The predicted molar refractivity (Wildman–Crippen MR) is 215 cm³/mol. The number of hydrogen-bond acceptors (Lipinski definition) is 3. The largest absolute Gasteiger partial charge is 0.455 e. The maximum atomic E-state index is 6.99. The summed E-state index contributed by atoms with van der Waals surface area (Å²) in [4.78, 5) is 10.2. The van der Waals surface area contributed by atoms with Gasteiger partial charge in [0, 0.05) is 27.4 Å². The van der Waals surface area contributed by atoms with Gasteiger partial charge in [0.15, 0.2) is 5.82 Å². The number of nitrogens with zero attached hydrogens (tertiary/aromatic N) is 3. The number of aromatic nitrogens is 3. The van der Waals surface area contributed by atoms with Crippen molar-refractivity contribution in [3.05, 3.63) is 176 Å². The fraction of sp³-hybridized carbons (Fsp3) is 0. The van der Waals surface area contributed by atoms with Crippen LogP contribution in [0.2, 0.25) is 0 Å². The average molecular weight is 664 g/mol. The van der Waals surface area contributed by atoms with E-state index < -0.39 is 0 Å². The first-order valence-electron chi connectivity index (χ1n) is 17.6. The number of para-hydroxylation sites is 3. The fourth-order valence-corrected chi connectivity index (χ4v) is 8.07. The van der Waals surface area contributed by atoms with Crippen LogP contribution in [0.4, 0.5) is 0 Å². The molecule has 0 radical (unpaired) electrons. The Balaban J connectivity index is 1.11. The normalized spacial score (nSPS) is 11.8. The summed E-state index contributed by atoms with van der Waals surface area (Å²) in [5, 5.41) is 8.05. The first-order chi connectivity index (χ1) is 25.8. The zero-order chi connectivity index (χ0) is 34.2. The summed E-state index contributed by atoms with van der Waals surface area (Å²) < 4.78 is 9.23. The molecule has 0 aliphatic heterocycles. The molecule has 0 aliphatic rings. The van der Waals surface area contributed by atoms with Crippen LogP contribution >= 0.6 is 0 Å². The molecule has 3 aromatic heterocycles. The molecule has 0 fully saturated rings. The van der Waals surface area contributed by atoms with Gasteiger partial charge in [-0.15, -0.1) is 0 Å². The molecule has 4 heteroatoms. The summed E-state index contributed by atoms with van der Waals surface area (Å²) in [6.07, 6.45) is 1.95. The molecule has 0 saturated heterocycles. The first kappa shape index (κ1) is 28.8. The lowest BCUT2D eigenvalue weighted by molar-refractivity contribution is 0.671. The Morgan fingerprint density at radius 3 is 1.92 bits per heavy atom. The zero-order valence-electron chi connectivity index (χ0n) is 28.0. The quantitative estimate of drug-likeness (QED) is 0.188. The van der Waals surface area contributed by atoms with Crippen molar-refractivity contribution in [2.45, 2.75) is 0 Å². The van der Waals surface area contributed by atoms with Crippen molar-refractivity contribution in [2.24, 2.45) is 0 Å². The van der Waals surface area contributed by atoms with Crippen LogP contribution in [0, 0.1) is 0 Å². The van der Waals surface area contributed by atoms with Crippen LogP contribution < -0.4 is 0 Å². The molecule has 0 spiro atoms. The van der Waals surface area contributed by atoms with Crippen molar-refractivity contribution in [1.29, 1.82) is 0 Å². The molecular formula is C48H29N3O. The second-order valence-corrected chi connectivity index (χ2v) is 13.4. The van der Waals surface area contributed by atoms with Gasteiger partial charge in [0.05, 0.1) is 22.8 Å². The Morgan fingerprint density at radius 2 is 1.08 bits per heavy atom. The van der Waals surface area contributed by atoms with E-state index in [4.69, 9.17) is 14.4 Å². The lowest BCUT2D eigenvalue weighted by Crippen LogP contribution is -1.95. The summed E-state index contributed by atoms with van der Waals surface area (Å²) in [7, 11) is 0. The molecule has 0 N–H and O–H groups in total. The molecule has 8 aromatic carbocycles. The summed E-state index contributed by atoms with van der Waals surface area (Å²) in [6, 6.07) is 59.9. The predicted octanol–water partition coefficient (Wildman–Crippen LogP) is 12.8. The molecule has 0 unspecified atom stereocenters. The molecule has 0 amide bonds. The average Bonchev–Trinajstić information content (AvgIpc) is 3.77. The van der Waals surface area contributed by atoms with Crippen molar-refractivity contribution in [3.63, 3.8) is 0 Å². The molecule has 11 rings (SSSR count). The minimum absolute atomic E-state index is 0.637. The van der Waals surface area contributed by atoms with Gasteiger partial charge in [-0.3, -0.25) is 0 Å². The van der Waals surface area contributed by atoms with E-state index in [0.717, 1.165) is 71.6 Å². The Hall–Kier alpha value is -7.04. The standard InChI is InChI=1S/C48H29N3O/c1-2-15-34(16-3-1)51-42-23-9-8-19-38(42)45-43(51)29-49-48(50-45)40-22-11-21-39-44-37-18-7-5-13-33(37)28-41(47(44)52-46(39)40)32-26-24-31(25-27-32)36-20-10-14-30-12-4-6-17-35(30)36/h1-29H. The zero-order valence-corrected chi connectivity index (χ0v) is 28.0. The highest BCUT2D eigenvalue weighted by Crippen LogP contribution is 2.44. The Labute approximate surface area is 298 Å². The summed E-state index contributed by atoms with van der Waals surface area (Å²) in [5.74, 6) is 0.637. The van der Waals surface area contributed by atoms with Gasteiger partial charge in [-0.2, -0.15) is 0 Å². The fourth-order valence-electron chi connectivity index (χ4n) is 8.07. The van der Waals surface area contributed by atoms with Gasteiger partial charge in [0.1, 0.15) is 16.7 Å². The molecule has 0 bridgehead atoms. The molecule has 0 aliphatic carbocycles. The van der Waals surface area contributed by atoms with Crippen LogP contribution in [0.1, 0.15) is 0 Å². The van der Waals surface area contributed by atoms with Gasteiger partial charge in [-0.25, -0.2) is 9.97 Å². The Kier molecular flexibility index (Phi) is 6.22. The molecular weight excluding hydrogens is 635 g/mol. The van der Waals surface area contributed by atoms with Crippen LogP contribution in [-0.4, -0.2) is 14.5 Å². The van der Waals surface area contributed by atoms with Crippen LogP contribution in [0.15, 0.2) is 180 Å². The third-order valence-electron chi connectivity index (χ3n) is 10.5. The van der Waals surface area contributed by atoms with Gasteiger partial charge in [0.25, 0.3) is 0 Å². The van der Waals surface area contributed by atoms with Crippen LogP contribution in [-0.2, 0) is 0 Å². The highest BCUT2D eigenvalue weighted by Gasteiger charge is 2.21. The monoisotopic (exact) mass is 663 g/mol. The van der Waals surface area contributed by atoms with E-state index in [1.807, 2.05) is 12.3 Å². The number of fused-ring (bicyclic) bond motifs is 9. The van der Waals surface area contributed by atoms with Gasteiger partial charge in [-0.1, -0.05) is 140 Å². The van der Waals surface area contributed by atoms with E-state index in [-0.39, 0.29) is 0 Å². The second-order valence-electron chi connectivity index (χ2n) is 13.4. The maximum Gasteiger partial charge on any atom is 0.163 e. The lowest BCUT2D eigenvalue weighted by atomic mass is 9.93. The maximum absolute atomic E-state index is 6.99. The van der Waals surface area contributed by atoms with Gasteiger partial charge < -0.3 is 8.98 Å². The van der Waals surface area contributed by atoms with Crippen molar-refractivity contribution in [1.82, 2.24) is 14.5 Å². The Morgan fingerprint density at radius 1 is 0.442 bits per heavy atom. The molecule has 52 heavy (non-hydrogen) atoms. The van der Waals surface area contributed by atoms with Crippen molar-refractivity contribution in [2.75, 3.05) is 0 Å². The highest BCUT2D eigenvalue weighted by atomic mass is 16.3. The molecule has 242 valence electrons. The third-order valence-corrected chi connectivity index (χ3v) is 10.5. The van der Waals surface area contributed by atoms with Crippen molar-refractivity contribution >= 4 is 65.4 Å². The summed E-state index contributed by atoms with van der Waals surface area (Å²) in [5.41, 5.74) is 11.1. The van der Waals surface area contributed by atoms with Crippen molar-refractivity contribution in [3.8, 4) is 39.3 Å². The minimum atomic E-state index is 0.637. The topological polar surface area (TPSA) is 43.9 Å². The smallest absolute Gasteiger partial charge is 0.163 e. The number of hydrogen-bond donors (Lipinski definition) is 0. The van der Waals surface area contributed by atoms with E-state index >= 15 is 0 Å². The van der Waals surface area contributed by atoms with Crippen LogP contribution in [0.25, 0.3) is 105 Å². The van der Waals surface area contributed by atoms with E-state index in [1.54, 1.807) is 0 Å². The second kappa shape index (κ2) is 11.2. The number of furan rings is 1. The summed E-state index contributed by atoms with van der Waals surface area (Å²) >= 11 is 0. The summed E-state index contributed by atoms with van der Waals surface area (Å²) in [6.45, 7) is 0. The molecule has 3 heterocycles. The highest BCUT2D eigenvalue weighted by molar-refractivity contribution is 6.24. The van der Waals surface area contributed by atoms with Gasteiger partial charge >= 0.3 is 0 Å². The molecule has 11 aromatic rings. The molecule has 0 saturated carbocycles. The first-order valence-corrected chi connectivity index (χ1v) is 17.6. The Bertz CT molecular complexity index is 3170. The van der Waals surface area contributed by atoms with E-state index in [9.17, 15) is 0 Å². The van der Waals surface area contributed by atoms with Crippen LogP contribution in [0.5, 0.6) is 0 Å². The van der Waals surface area contributed by atoms with E-state index in [0.29, 0.717) is 5.82 Å². The number of rotatable bonds is 4. The van der Waals surface area contributed by atoms with Gasteiger partial charge in [-0.05, 0) is 68.6 Å². The van der Waals surface area contributed by atoms with E-state index in [1.165, 1.54) is 27.3 Å². The number of benzene rings is 8.